The SMILES string of the molecule is C[C@H](N)C(=O)CC(N)=O.Cl. The number of nitrogens with two attached hydrogens (primary N) is 2. The zero-order chi connectivity index (χ0) is 7.44. The van der Waals surface area contributed by atoms with Crippen LogP contribution in [0.15, 0.2) is 0 Å². The Morgan fingerprint density at radius 3 is 2.00 bits per heavy atom. The molecule has 0 heterocycles. The van der Waals surface area contributed by atoms with Crippen LogP contribution in [0.1, 0.15) is 13.3 Å². The van der Waals surface area contributed by atoms with Gasteiger partial charge in [-0.1, -0.05) is 0 Å². The average molecular weight is 167 g/mol. The van der Waals surface area contributed by atoms with Crippen molar-refractivity contribution >= 4 is 24.1 Å². The third-order valence-electron chi connectivity index (χ3n) is 0.856. The summed E-state index contributed by atoms with van der Waals surface area (Å²) < 4.78 is 0. The van der Waals surface area contributed by atoms with E-state index < -0.39 is 11.9 Å². The Bertz CT molecular complexity index is 136. The fourth-order valence-electron chi connectivity index (χ4n) is 0.333. The van der Waals surface area contributed by atoms with Crippen molar-refractivity contribution in [2.24, 2.45) is 11.5 Å². The predicted octanol–water partition coefficient (Wildman–Crippen LogP) is -0.800. The van der Waals surface area contributed by atoms with Crippen molar-refractivity contribution in [3.05, 3.63) is 0 Å². The summed E-state index contributed by atoms with van der Waals surface area (Å²) in [6.45, 7) is 1.52. The summed E-state index contributed by atoms with van der Waals surface area (Å²) in [6.07, 6.45) is -0.252. The monoisotopic (exact) mass is 166 g/mol. The van der Waals surface area contributed by atoms with Gasteiger partial charge in [-0.05, 0) is 6.92 Å². The van der Waals surface area contributed by atoms with Gasteiger partial charge in [0.2, 0.25) is 5.91 Å². The third-order valence-corrected chi connectivity index (χ3v) is 0.856. The zero-order valence-corrected chi connectivity index (χ0v) is 6.48. The van der Waals surface area contributed by atoms with Crippen molar-refractivity contribution in [2.45, 2.75) is 19.4 Å². The molecular formula is C5H11ClN2O2. The minimum absolute atomic E-state index is 0. The first kappa shape index (κ1) is 12.1. The van der Waals surface area contributed by atoms with Crippen LogP contribution in [-0.2, 0) is 9.59 Å². The number of hydrogen-bond donors (Lipinski definition) is 2. The Morgan fingerprint density at radius 1 is 1.50 bits per heavy atom. The van der Waals surface area contributed by atoms with Gasteiger partial charge in [-0.3, -0.25) is 9.59 Å². The fourth-order valence-corrected chi connectivity index (χ4v) is 0.333. The summed E-state index contributed by atoms with van der Waals surface area (Å²) in [6, 6.07) is -0.586. The molecule has 0 aromatic carbocycles. The standard InChI is InChI=1S/C5H10N2O2.ClH/c1-3(6)4(8)2-5(7)9;/h3H,2,6H2,1H3,(H2,7,9);1H/t3-;/m0./s1. The number of rotatable bonds is 3. The van der Waals surface area contributed by atoms with Crippen LogP contribution in [0.2, 0.25) is 0 Å². The second-order valence-corrected chi connectivity index (χ2v) is 1.90. The maximum atomic E-state index is 10.5. The lowest BCUT2D eigenvalue weighted by molar-refractivity contribution is -0.126. The number of halogens is 1. The highest BCUT2D eigenvalue weighted by atomic mass is 35.5. The van der Waals surface area contributed by atoms with Gasteiger partial charge in [-0.25, -0.2) is 0 Å². The van der Waals surface area contributed by atoms with Crippen LogP contribution in [0.3, 0.4) is 0 Å². The van der Waals surface area contributed by atoms with Crippen molar-refractivity contribution < 1.29 is 9.59 Å². The van der Waals surface area contributed by atoms with Crippen LogP contribution in [0.5, 0.6) is 0 Å². The molecule has 0 aromatic heterocycles. The van der Waals surface area contributed by atoms with Gasteiger partial charge in [-0.15, -0.1) is 12.4 Å². The van der Waals surface area contributed by atoms with E-state index in [1.807, 2.05) is 0 Å². The van der Waals surface area contributed by atoms with Gasteiger partial charge in [-0.2, -0.15) is 0 Å². The molecule has 0 aromatic rings. The first-order chi connectivity index (χ1) is 4.04. The molecule has 0 unspecified atom stereocenters. The lowest BCUT2D eigenvalue weighted by Gasteiger charge is -1.98. The zero-order valence-electron chi connectivity index (χ0n) is 5.66. The molecule has 0 aliphatic rings. The third kappa shape index (κ3) is 5.53. The molecule has 0 saturated carbocycles. The molecule has 0 bridgehead atoms. The van der Waals surface area contributed by atoms with E-state index in [9.17, 15) is 9.59 Å². The molecule has 0 aliphatic carbocycles. The van der Waals surface area contributed by atoms with Crippen molar-refractivity contribution in [3.63, 3.8) is 0 Å². The summed E-state index contributed by atoms with van der Waals surface area (Å²) in [4.78, 5) is 20.6. The van der Waals surface area contributed by atoms with E-state index in [4.69, 9.17) is 11.5 Å². The number of Topliss-reactive ketones (excluding diaryl/α,β-unsaturated/α-hetero) is 1. The number of amides is 1. The summed E-state index contributed by atoms with van der Waals surface area (Å²) in [5.41, 5.74) is 9.84. The van der Waals surface area contributed by atoms with Crippen LogP contribution in [0.4, 0.5) is 0 Å². The van der Waals surface area contributed by atoms with E-state index in [0.29, 0.717) is 0 Å². The van der Waals surface area contributed by atoms with E-state index in [-0.39, 0.29) is 24.6 Å². The number of carbonyl (C=O) groups excluding carboxylic acids is 2. The van der Waals surface area contributed by atoms with Gasteiger partial charge in [0.15, 0.2) is 5.78 Å². The highest BCUT2D eigenvalue weighted by Gasteiger charge is 2.09. The quantitative estimate of drug-likeness (QED) is 0.539. The molecule has 0 spiro atoms. The molecule has 4 N–H and O–H groups in total. The van der Waals surface area contributed by atoms with E-state index in [0.717, 1.165) is 0 Å². The highest BCUT2D eigenvalue weighted by Crippen LogP contribution is 1.84. The molecule has 0 saturated heterocycles. The molecule has 4 nitrogen and oxygen atoms in total. The molecule has 0 radical (unpaired) electrons. The van der Waals surface area contributed by atoms with Crippen molar-refractivity contribution in [3.8, 4) is 0 Å². The van der Waals surface area contributed by atoms with E-state index in [1.54, 1.807) is 0 Å². The maximum absolute atomic E-state index is 10.5. The Morgan fingerprint density at radius 2 is 1.90 bits per heavy atom. The van der Waals surface area contributed by atoms with Gasteiger partial charge < -0.3 is 11.5 Å². The van der Waals surface area contributed by atoms with Crippen LogP contribution >= 0.6 is 12.4 Å². The topological polar surface area (TPSA) is 86.2 Å². The normalized spacial score (nSPS) is 11.4. The second-order valence-electron chi connectivity index (χ2n) is 1.90. The molecule has 10 heavy (non-hydrogen) atoms. The van der Waals surface area contributed by atoms with Crippen LogP contribution in [-0.4, -0.2) is 17.7 Å². The number of primary amides is 1. The Kier molecular flexibility index (Phi) is 6.29. The van der Waals surface area contributed by atoms with Gasteiger partial charge in [0, 0.05) is 0 Å². The molecule has 1 amide bonds. The fraction of sp³-hybridized carbons (Fsp3) is 0.600. The molecular weight excluding hydrogens is 156 g/mol. The summed E-state index contributed by atoms with van der Waals surface area (Å²) in [7, 11) is 0. The van der Waals surface area contributed by atoms with Gasteiger partial charge in [0.1, 0.15) is 0 Å². The Labute approximate surface area is 65.4 Å². The van der Waals surface area contributed by atoms with E-state index in [2.05, 4.69) is 0 Å². The number of carbonyl (C=O) groups is 2. The van der Waals surface area contributed by atoms with Crippen LogP contribution in [0.25, 0.3) is 0 Å². The van der Waals surface area contributed by atoms with Crippen LogP contribution in [0, 0.1) is 0 Å². The van der Waals surface area contributed by atoms with Crippen molar-refractivity contribution in [1.29, 1.82) is 0 Å². The van der Waals surface area contributed by atoms with Gasteiger partial charge in [0.05, 0.1) is 12.5 Å². The van der Waals surface area contributed by atoms with E-state index >= 15 is 0 Å². The summed E-state index contributed by atoms with van der Waals surface area (Å²) in [5.74, 6) is -0.945. The molecule has 60 valence electrons. The number of hydrogen-bond acceptors (Lipinski definition) is 3. The average Bonchev–Trinajstić information content (AvgIpc) is 1.63. The predicted molar refractivity (Wildman–Crippen MR) is 39.7 cm³/mol. The largest absolute Gasteiger partial charge is 0.369 e. The van der Waals surface area contributed by atoms with Crippen molar-refractivity contribution in [1.82, 2.24) is 0 Å². The maximum Gasteiger partial charge on any atom is 0.224 e. The van der Waals surface area contributed by atoms with E-state index in [1.165, 1.54) is 6.92 Å². The Balaban J connectivity index is 0. The first-order valence-corrected chi connectivity index (χ1v) is 2.60. The lowest BCUT2D eigenvalue weighted by Crippen LogP contribution is -2.30. The lowest BCUT2D eigenvalue weighted by atomic mass is 10.2. The molecule has 0 aliphatic heterocycles. The minimum Gasteiger partial charge on any atom is -0.369 e. The first-order valence-electron chi connectivity index (χ1n) is 2.60. The van der Waals surface area contributed by atoms with Crippen LogP contribution < -0.4 is 11.5 Å². The molecule has 5 heteroatoms. The molecule has 0 fully saturated rings. The molecule has 1 atom stereocenters. The smallest absolute Gasteiger partial charge is 0.224 e. The summed E-state index contributed by atoms with van der Waals surface area (Å²) >= 11 is 0. The second kappa shape index (κ2) is 5.20. The highest BCUT2D eigenvalue weighted by molar-refractivity contribution is 5.99. The minimum atomic E-state index is -0.627. The van der Waals surface area contributed by atoms with Gasteiger partial charge >= 0.3 is 0 Å². The molecule has 0 rings (SSSR count). The Hall–Kier alpha value is -0.610. The number of ketones is 1. The van der Waals surface area contributed by atoms with Gasteiger partial charge in [0.25, 0.3) is 0 Å². The van der Waals surface area contributed by atoms with Crippen molar-refractivity contribution in [2.75, 3.05) is 0 Å². The summed E-state index contributed by atoms with van der Waals surface area (Å²) in [5, 5.41) is 0.